The lowest BCUT2D eigenvalue weighted by molar-refractivity contribution is 1.19. The Hall–Kier alpha value is -5.67. The molecule has 0 spiro atoms. The van der Waals surface area contributed by atoms with Gasteiger partial charge in [-0.2, -0.15) is 0 Å². The molecule has 0 atom stereocenters. The van der Waals surface area contributed by atoms with E-state index in [1.165, 1.54) is 170 Å². The van der Waals surface area contributed by atoms with E-state index in [0.717, 1.165) is 0 Å². The monoisotopic (exact) mass is 817 g/mol. The summed E-state index contributed by atoms with van der Waals surface area (Å²) < 4.78 is 5.36. The molecule has 2 heterocycles. The Morgan fingerprint density at radius 3 is 0.985 bits per heavy atom. The minimum absolute atomic E-state index is 1.18. The molecule has 0 aliphatic rings. The van der Waals surface area contributed by atoms with Crippen LogP contribution in [0, 0.1) is 0 Å². The van der Waals surface area contributed by atoms with Crippen LogP contribution in [0.4, 0.5) is 0 Å². The molecule has 294 valence electrons. The number of fused-ring (bicyclic) bond motifs is 6. The van der Waals surface area contributed by atoms with E-state index < -0.39 is 0 Å². The highest BCUT2D eigenvalue weighted by Gasteiger charge is 2.29. The van der Waals surface area contributed by atoms with Gasteiger partial charge in [0.05, 0.1) is 0 Å². The highest BCUT2D eigenvalue weighted by atomic mass is 15.0. The lowest BCUT2D eigenvalue weighted by Gasteiger charge is -2.23. The quantitative estimate of drug-likeness (QED) is 0.153. The summed E-state index contributed by atoms with van der Waals surface area (Å²) >= 11 is 0. The Morgan fingerprint density at radius 1 is 0.231 bits per heavy atom. The fourth-order valence-electron chi connectivity index (χ4n) is 11.6. The van der Waals surface area contributed by atoms with Gasteiger partial charge in [0.2, 0.25) is 0 Å². The number of benzene rings is 8. The summed E-state index contributed by atoms with van der Waals surface area (Å²) in [5, 5.41) is 5.53. The minimum atomic E-state index is 1.18. The van der Waals surface area contributed by atoms with Crippen molar-refractivity contribution in [3.8, 4) is 44.8 Å². The smallest absolute Gasteiger partial charge is 0.142 e. The number of hydrogen-bond donors (Lipinski definition) is 0. The molecular weight excluding hydrogens is 767 g/mol. The molecule has 10 aromatic rings. The predicted molar refractivity (Wildman–Crippen MR) is 334 cm³/mol. The van der Waals surface area contributed by atoms with Gasteiger partial charge in [-0.1, -0.05) is 144 Å². The molecule has 0 unspecified atom stereocenters. The van der Waals surface area contributed by atoms with Crippen molar-refractivity contribution in [2.45, 2.75) is 0 Å². The molecule has 10 rings (SSSR count). The van der Waals surface area contributed by atoms with Gasteiger partial charge in [-0.15, -0.1) is 16.4 Å². The average molecular weight is 814 g/mol. The number of hydrogen-bond acceptors (Lipinski definition) is 0. The first-order chi connectivity index (χ1) is 31.0. The lowest BCUT2D eigenvalue weighted by Crippen LogP contribution is -2.49. The zero-order valence-electron chi connectivity index (χ0n) is 41.2. The van der Waals surface area contributed by atoms with Gasteiger partial charge in [-0.3, -0.25) is 0 Å². The van der Waals surface area contributed by atoms with E-state index in [1.807, 2.05) is 0 Å². The second-order valence-corrected chi connectivity index (χ2v) is 19.4. The summed E-state index contributed by atoms with van der Waals surface area (Å²) in [7, 11) is 35.3. The van der Waals surface area contributed by atoms with Gasteiger partial charge in [0.1, 0.15) is 118 Å². The molecule has 0 N–H and O–H groups in total. The largest absolute Gasteiger partial charge is 0.312 e. The molecule has 0 saturated heterocycles. The first-order valence-electron chi connectivity index (χ1n) is 23.5. The van der Waals surface area contributed by atoms with Crippen LogP contribution in [0.1, 0.15) is 0 Å². The first-order valence-corrected chi connectivity index (χ1v) is 23.5. The molecule has 8 aromatic carbocycles. The maximum absolute atomic E-state index is 2.71. The second kappa shape index (κ2) is 15.8. The van der Waals surface area contributed by atoms with Crippen molar-refractivity contribution in [3.63, 3.8) is 0 Å². The Kier molecular flexibility index (Phi) is 10.5. The van der Waals surface area contributed by atoms with Gasteiger partial charge in [0.25, 0.3) is 0 Å². The van der Waals surface area contributed by atoms with Gasteiger partial charge in [-0.25, -0.2) is 0 Å². The van der Waals surface area contributed by atoms with Crippen LogP contribution in [0.15, 0.2) is 103 Å². The van der Waals surface area contributed by atoms with E-state index >= 15 is 0 Å². The van der Waals surface area contributed by atoms with Gasteiger partial charge in [0, 0.05) is 38.8 Å². The highest BCUT2D eigenvalue weighted by Crippen LogP contribution is 2.36. The van der Waals surface area contributed by atoms with Crippen molar-refractivity contribution in [2.24, 2.45) is 0 Å². The van der Waals surface area contributed by atoms with Crippen molar-refractivity contribution in [2.75, 3.05) is 0 Å². The van der Waals surface area contributed by atoms with Crippen LogP contribution < -0.4 is 81.9 Å². The van der Waals surface area contributed by atoms with Crippen molar-refractivity contribution >= 4 is 243 Å². The third-order valence-electron chi connectivity index (χ3n) is 16.4. The van der Waals surface area contributed by atoms with Crippen molar-refractivity contribution < 1.29 is 0 Å². The molecule has 0 aliphatic carbocycles. The van der Waals surface area contributed by atoms with Gasteiger partial charge in [-0.05, 0) is 73.8 Å². The molecule has 65 heavy (non-hydrogen) atoms. The SMILES string of the molecule is Bc1c(B)c(B)c2c(c1B)c1c(B)c(-n3c4c(B)c(B)c(B)c(B)c4c4c(B)c(B)c(B)c(B)c43)c(B)c(B)c1n2-c1cc(-c2ccccc2)cc(-c2cccc(-c3ccccc3)c2)c1. The minimum Gasteiger partial charge on any atom is -0.312 e. The van der Waals surface area contributed by atoms with Gasteiger partial charge in [0.15, 0.2) is 0 Å². The van der Waals surface area contributed by atoms with E-state index in [-0.39, 0.29) is 0 Å². The molecule has 0 saturated carbocycles. The molecule has 0 amide bonds. The van der Waals surface area contributed by atoms with Crippen molar-refractivity contribution in [3.05, 3.63) is 103 Å². The third-order valence-corrected chi connectivity index (χ3v) is 16.4. The maximum Gasteiger partial charge on any atom is 0.142 e. The van der Waals surface area contributed by atoms with Gasteiger partial charge < -0.3 is 9.13 Å². The maximum atomic E-state index is 2.71. The summed E-state index contributed by atoms with van der Waals surface area (Å²) in [6.07, 6.45) is 0. The Balaban J connectivity index is 1.39. The Morgan fingerprint density at radius 2 is 0.538 bits per heavy atom. The summed E-state index contributed by atoms with van der Waals surface area (Å²) in [5.41, 5.74) is 35.5. The zero-order chi connectivity index (χ0) is 46.1. The molecule has 2 nitrogen and oxygen atoms in total. The summed E-state index contributed by atoms with van der Waals surface area (Å²) in [6, 6.07) is 38.0. The topological polar surface area (TPSA) is 9.86 Å². The molecule has 0 radical (unpaired) electrons. The summed E-state index contributed by atoms with van der Waals surface area (Å²) in [5.74, 6) is 0. The predicted octanol–water partition coefficient (Wildman–Crippen LogP) is -13.2. The zero-order valence-corrected chi connectivity index (χ0v) is 41.2. The average Bonchev–Trinajstić information content (AvgIpc) is 3.88. The third kappa shape index (κ3) is 6.23. The lowest BCUT2D eigenvalue weighted by atomic mass is 9.63. The normalized spacial score (nSPS) is 11.7. The van der Waals surface area contributed by atoms with E-state index in [1.54, 1.807) is 0 Å². The molecule has 0 bridgehead atoms. The Labute approximate surface area is 398 Å². The second-order valence-electron chi connectivity index (χ2n) is 19.4. The van der Waals surface area contributed by atoms with E-state index in [4.69, 9.17) is 0 Å². The number of rotatable bonds is 5. The van der Waals surface area contributed by atoms with Crippen LogP contribution in [0.3, 0.4) is 0 Å². The summed E-state index contributed by atoms with van der Waals surface area (Å²) in [6.45, 7) is 0. The number of nitrogens with zero attached hydrogens (tertiary/aromatic N) is 2. The first kappa shape index (κ1) is 43.2. The molecular formula is C48H47B15N2. The van der Waals surface area contributed by atoms with Crippen molar-refractivity contribution in [1.82, 2.24) is 9.13 Å². The van der Waals surface area contributed by atoms with Crippen LogP contribution in [0.2, 0.25) is 0 Å². The van der Waals surface area contributed by atoms with Crippen molar-refractivity contribution in [1.29, 1.82) is 0 Å². The standard InChI is InChI=1S/C48H47B15N2/c49-29-25-26-30(50)34(54)38(58)41(61)47(26)65(46(25)40(60)37(57)33(29)53)48-32(52)28-27-31(51)35(55)36(56)39(59)44(27)64(45(28)42(62)43(48)63)24-16-22(19-10-5-2-6-11-19)15-23(17-24)21-13-7-12-20(14-21)18-8-3-1-4-9-18/h1-17H,49-63H2. The van der Waals surface area contributed by atoms with Crippen LogP contribution in [-0.4, -0.2) is 127 Å². The van der Waals surface area contributed by atoms with Gasteiger partial charge >= 0.3 is 0 Å². The van der Waals surface area contributed by atoms with E-state index in [2.05, 4.69) is 230 Å². The summed E-state index contributed by atoms with van der Waals surface area (Å²) in [4.78, 5) is 0. The fourth-order valence-corrected chi connectivity index (χ4v) is 11.6. The van der Waals surface area contributed by atoms with Crippen LogP contribution in [0.25, 0.3) is 88.4 Å². The molecule has 17 heteroatoms. The van der Waals surface area contributed by atoms with E-state index in [9.17, 15) is 0 Å². The number of aromatic nitrogens is 2. The highest BCUT2D eigenvalue weighted by molar-refractivity contribution is 6.73. The van der Waals surface area contributed by atoms with Crippen LogP contribution in [0.5, 0.6) is 0 Å². The Bertz CT molecular complexity index is 3630. The van der Waals surface area contributed by atoms with Crippen LogP contribution in [-0.2, 0) is 0 Å². The van der Waals surface area contributed by atoms with Crippen LogP contribution >= 0.6 is 0 Å². The van der Waals surface area contributed by atoms with E-state index in [0.29, 0.717) is 0 Å². The molecule has 0 fully saturated rings. The molecule has 0 aliphatic heterocycles. The molecule has 2 aromatic heterocycles. The fraction of sp³-hybridized carbons (Fsp3) is 0.